The lowest BCUT2D eigenvalue weighted by Crippen LogP contribution is -2.03. The van der Waals surface area contributed by atoms with E-state index < -0.39 is 0 Å². The molecule has 0 N–H and O–H groups in total. The van der Waals surface area contributed by atoms with Gasteiger partial charge in [-0.2, -0.15) is 4.91 Å². The number of hydrogen-bond acceptors (Lipinski definition) is 2. The van der Waals surface area contributed by atoms with Gasteiger partial charge in [-0.15, -0.1) is 0 Å². The van der Waals surface area contributed by atoms with Gasteiger partial charge in [0.15, 0.2) is 0 Å². The van der Waals surface area contributed by atoms with E-state index in [1.54, 1.807) is 0 Å². The summed E-state index contributed by atoms with van der Waals surface area (Å²) in [6.07, 6.45) is 3.16. The lowest BCUT2D eigenvalue weighted by Gasteiger charge is -2.00. The molecule has 1 atom stereocenters. The SMILES string of the molecule is CCCCC(CBr)N=O. The van der Waals surface area contributed by atoms with Gasteiger partial charge in [0.1, 0.15) is 6.04 Å². The summed E-state index contributed by atoms with van der Waals surface area (Å²) in [5, 5.41) is 3.65. The van der Waals surface area contributed by atoms with E-state index in [4.69, 9.17) is 0 Å². The quantitative estimate of drug-likeness (QED) is 0.488. The second kappa shape index (κ2) is 6.20. The molecule has 0 aliphatic heterocycles. The Morgan fingerprint density at radius 1 is 1.67 bits per heavy atom. The fourth-order valence-electron chi connectivity index (χ4n) is 0.598. The van der Waals surface area contributed by atoms with Crippen molar-refractivity contribution in [2.24, 2.45) is 5.18 Å². The molecule has 0 saturated carbocycles. The van der Waals surface area contributed by atoms with Crippen LogP contribution in [0.25, 0.3) is 0 Å². The molecule has 0 spiro atoms. The van der Waals surface area contributed by atoms with E-state index in [9.17, 15) is 4.91 Å². The molecular formula is C6H12BrNO. The van der Waals surface area contributed by atoms with Crippen molar-refractivity contribution >= 4 is 15.9 Å². The average molecular weight is 194 g/mol. The van der Waals surface area contributed by atoms with Crippen molar-refractivity contribution in [2.45, 2.75) is 32.2 Å². The van der Waals surface area contributed by atoms with Crippen LogP contribution < -0.4 is 0 Å². The van der Waals surface area contributed by atoms with Gasteiger partial charge in [0.05, 0.1) is 0 Å². The van der Waals surface area contributed by atoms with E-state index >= 15 is 0 Å². The molecule has 0 rings (SSSR count). The van der Waals surface area contributed by atoms with Crippen LogP contribution in [0.15, 0.2) is 5.18 Å². The molecule has 9 heavy (non-hydrogen) atoms. The van der Waals surface area contributed by atoms with Crippen LogP contribution in [0.4, 0.5) is 0 Å². The first-order chi connectivity index (χ1) is 4.35. The van der Waals surface area contributed by atoms with E-state index in [2.05, 4.69) is 28.0 Å². The molecule has 2 nitrogen and oxygen atoms in total. The zero-order valence-electron chi connectivity index (χ0n) is 5.64. The largest absolute Gasteiger partial charge is 0.150 e. The Kier molecular flexibility index (Phi) is 6.26. The molecule has 0 fully saturated rings. The second-order valence-corrected chi connectivity index (χ2v) is 2.70. The Morgan fingerprint density at radius 3 is 2.67 bits per heavy atom. The first-order valence-electron chi connectivity index (χ1n) is 3.23. The summed E-state index contributed by atoms with van der Waals surface area (Å²) < 4.78 is 0. The third-order valence-electron chi connectivity index (χ3n) is 1.22. The van der Waals surface area contributed by atoms with Gasteiger partial charge in [-0.3, -0.25) is 0 Å². The van der Waals surface area contributed by atoms with Crippen molar-refractivity contribution in [1.82, 2.24) is 0 Å². The molecule has 0 saturated heterocycles. The van der Waals surface area contributed by atoms with Crippen molar-refractivity contribution < 1.29 is 0 Å². The molecule has 0 aromatic heterocycles. The van der Waals surface area contributed by atoms with Crippen LogP contribution in [-0.2, 0) is 0 Å². The van der Waals surface area contributed by atoms with Gasteiger partial charge < -0.3 is 0 Å². The Balaban J connectivity index is 3.20. The number of unbranched alkanes of at least 4 members (excludes halogenated alkanes) is 1. The predicted octanol–water partition coefficient (Wildman–Crippen LogP) is 2.71. The number of nitrogens with zero attached hydrogens (tertiary/aromatic N) is 1. The maximum Gasteiger partial charge on any atom is 0.102 e. The van der Waals surface area contributed by atoms with Crippen LogP contribution in [0, 0.1) is 4.91 Å². The summed E-state index contributed by atoms with van der Waals surface area (Å²) >= 11 is 3.21. The van der Waals surface area contributed by atoms with Crippen molar-refractivity contribution in [3.8, 4) is 0 Å². The van der Waals surface area contributed by atoms with Gasteiger partial charge in [-0.05, 0) is 6.42 Å². The topological polar surface area (TPSA) is 29.4 Å². The lowest BCUT2D eigenvalue weighted by atomic mass is 10.2. The van der Waals surface area contributed by atoms with E-state index in [-0.39, 0.29) is 6.04 Å². The van der Waals surface area contributed by atoms with Gasteiger partial charge in [-0.25, -0.2) is 0 Å². The third kappa shape index (κ3) is 4.58. The van der Waals surface area contributed by atoms with Gasteiger partial charge >= 0.3 is 0 Å². The molecule has 3 heteroatoms. The summed E-state index contributed by atoms with van der Waals surface area (Å²) in [6, 6.07) is -0.00931. The minimum absolute atomic E-state index is 0.00931. The number of alkyl halides is 1. The molecule has 0 heterocycles. The van der Waals surface area contributed by atoms with E-state index in [1.165, 1.54) is 0 Å². The minimum atomic E-state index is -0.00931. The average Bonchev–Trinajstić information content (AvgIpc) is 1.91. The highest BCUT2D eigenvalue weighted by Gasteiger charge is 2.03. The van der Waals surface area contributed by atoms with Crippen LogP contribution in [0.2, 0.25) is 0 Å². The Bertz CT molecular complexity index is 77.5. The highest BCUT2D eigenvalue weighted by atomic mass is 79.9. The monoisotopic (exact) mass is 193 g/mol. The third-order valence-corrected chi connectivity index (χ3v) is 1.97. The fraction of sp³-hybridized carbons (Fsp3) is 1.00. The van der Waals surface area contributed by atoms with Crippen molar-refractivity contribution in [2.75, 3.05) is 5.33 Å². The predicted molar refractivity (Wildman–Crippen MR) is 42.9 cm³/mol. The van der Waals surface area contributed by atoms with Gasteiger partial charge in [0, 0.05) is 5.33 Å². The summed E-state index contributed by atoms with van der Waals surface area (Å²) in [5.41, 5.74) is 0. The van der Waals surface area contributed by atoms with Gasteiger partial charge in [-0.1, -0.05) is 40.9 Å². The van der Waals surface area contributed by atoms with E-state index in [0.717, 1.165) is 19.3 Å². The standard InChI is InChI=1S/C6H12BrNO/c1-2-3-4-6(5-7)8-9/h6H,2-5H2,1H3. The molecule has 1 unspecified atom stereocenters. The molecule has 54 valence electrons. The van der Waals surface area contributed by atoms with Crippen molar-refractivity contribution in [3.05, 3.63) is 4.91 Å². The zero-order valence-corrected chi connectivity index (χ0v) is 7.23. The Labute approximate surface area is 64.1 Å². The molecular weight excluding hydrogens is 182 g/mol. The van der Waals surface area contributed by atoms with Crippen LogP contribution in [0.5, 0.6) is 0 Å². The molecule has 0 radical (unpaired) electrons. The van der Waals surface area contributed by atoms with Crippen LogP contribution in [-0.4, -0.2) is 11.4 Å². The zero-order chi connectivity index (χ0) is 7.11. The Hall–Kier alpha value is 0.0800. The highest BCUT2D eigenvalue weighted by Crippen LogP contribution is 2.06. The number of halogens is 1. The van der Waals surface area contributed by atoms with Crippen LogP contribution in [0.3, 0.4) is 0 Å². The van der Waals surface area contributed by atoms with Crippen LogP contribution >= 0.6 is 15.9 Å². The summed E-state index contributed by atoms with van der Waals surface area (Å²) in [5.74, 6) is 0. The molecule has 0 bridgehead atoms. The lowest BCUT2D eigenvalue weighted by molar-refractivity contribution is 0.623. The smallest absolute Gasteiger partial charge is 0.102 e. The first kappa shape index (κ1) is 9.08. The summed E-state index contributed by atoms with van der Waals surface area (Å²) in [7, 11) is 0. The van der Waals surface area contributed by atoms with Crippen LogP contribution in [0.1, 0.15) is 26.2 Å². The molecule has 0 aromatic rings. The van der Waals surface area contributed by atoms with Crippen molar-refractivity contribution in [1.29, 1.82) is 0 Å². The minimum Gasteiger partial charge on any atom is -0.150 e. The Morgan fingerprint density at radius 2 is 2.33 bits per heavy atom. The normalized spacial score (nSPS) is 13.1. The maximum absolute atomic E-state index is 9.96. The van der Waals surface area contributed by atoms with Gasteiger partial charge in [0.25, 0.3) is 0 Å². The second-order valence-electron chi connectivity index (χ2n) is 2.06. The number of nitroso groups, excluding NO2 is 1. The first-order valence-corrected chi connectivity index (χ1v) is 4.35. The molecule has 0 aliphatic rings. The fourth-order valence-corrected chi connectivity index (χ4v) is 1.04. The van der Waals surface area contributed by atoms with Gasteiger partial charge in [0.2, 0.25) is 0 Å². The summed E-state index contributed by atoms with van der Waals surface area (Å²) in [6.45, 7) is 2.11. The van der Waals surface area contributed by atoms with E-state index in [1.807, 2.05) is 0 Å². The van der Waals surface area contributed by atoms with Crippen molar-refractivity contribution in [3.63, 3.8) is 0 Å². The molecule has 0 aliphatic carbocycles. The molecule has 0 amide bonds. The highest BCUT2D eigenvalue weighted by molar-refractivity contribution is 9.09. The number of rotatable bonds is 5. The molecule has 0 aromatic carbocycles. The summed E-state index contributed by atoms with van der Waals surface area (Å²) in [4.78, 5) is 9.96. The van der Waals surface area contributed by atoms with E-state index in [0.29, 0.717) is 5.33 Å². The maximum atomic E-state index is 9.96. The number of hydrogen-bond donors (Lipinski definition) is 0.